The van der Waals surface area contributed by atoms with Gasteiger partial charge in [0.25, 0.3) is 0 Å². The van der Waals surface area contributed by atoms with Crippen LogP contribution in [0.5, 0.6) is 0 Å². The average Bonchev–Trinajstić information content (AvgIpc) is 2.94. The standard InChI is InChI=1S/C21H24FN5O/c1-16(28)27(13-18-11-24-15-25-12-18)20-3-2-7-26(8-6-20)14-19-9-17(10-23)4-5-21(19)22/h4-5,9,11-12,15,20H,2-3,6-8,13-14H2,1H3/t20-/m1/s1. The summed E-state index contributed by atoms with van der Waals surface area (Å²) in [6.07, 6.45) is 7.61. The average molecular weight is 381 g/mol. The molecule has 2 aromatic rings. The topological polar surface area (TPSA) is 73.1 Å². The SMILES string of the molecule is CC(=O)N(Cc1cncnc1)[C@@H]1CCCN(Cc2cc(C#N)ccc2F)CC1. The molecule has 28 heavy (non-hydrogen) atoms. The van der Waals surface area contributed by atoms with Gasteiger partial charge in [-0.2, -0.15) is 5.26 Å². The Morgan fingerprint density at radius 2 is 2.11 bits per heavy atom. The van der Waals surface area contributed by atoms with Gasteiger partial charge in [-0.25, -0.2) is 14.4 Å². The van der Waals surface area contributed by atoms with Crippen molar-refractivity contribution in [2.24, 2.45) is 0 Å². The van der Waals surface area contributed by atoms with E-state index in [0.29, 0.717) is 24.2 Å². The Balaban J connectivity index is 1.65. The number of nitriles is 1. The van der Waals surface area contributed by atoms with Crippen molar-refractivity contribution in [2.75, 3.05) is 13.1 Å². The Morgan fingerprint density at radius 1 is 1.32 bits per heavy atom. The third-order valence-corrected chi connectivity index (χ3v) is 5.17. The molecule has 1 fully saturated rings. The maximum atomic E-state index is 14.1. The number of hydrogen-bond acceptors (Lipinski definition) is 5. The monoisotopic (exact) mass is 381 g/mol. The first kappa shape index (κ1) is 19.9. The first-order valence-electron chi connectivity index (χ1n) is 9.49. The highest BCUT2D eigenvalue weighted by Crippen LogP contribution is 2.21. The molecule has 1 aliphatic heterocycles. The van der Waals surface area contributed by atoms with E-state index in [-0.39, 0.29) is 17.8 Å². The number of nitrogens with zero attached hydrogens (tertiary/aromatic N) is 5. The summed E-state index contributed by atoms with van der Waals surface area (Å²) in [5.41, 5.74) is 1.92. The predicted molar refractivity (Wildman–Crippen MR) is 102 cm³/mol. The van der Waals surface area contributed by atoms with E-state index in [9.17, 15) is 9.18 Å². The van der Waals surface area contributed by atoms with Crippen LogP contribution in [0.4, 0.5) is 4.39 Å². The number of halogens is 1. The van der Waals surface area contributed by atoms with Crippen molar-refractivity contribution in [1.82, 2.24) is 19.8 Å². The lowest BCUT2D eigenvalue weighted by molar-refractivity contribution is -0.132. The van der Waals surface area contributed by atoms with E-state index in [2.05, 4.69) is 20.9 Å². The fourth-order valence-corrected chi connectivity index (χ4v) is 3.72. The molecule has 6 nitrogen and oxygen atoms in total. The molecule has 1 aromatic heterocycles. The van der Waals surface area contributed by atoms with Crippen LogP contribution in [-0.4, -0.2) is 44.8 Å². The number of aromatic nitrogens is 2. The van der Waals surface area contributed by atoms with Crippen LogP contribution in [-0.2, 0) is 17.9 Å². The molecule has 0 unspecified atom stereocenters. The van der Waals surface area contributed by atoms with Gasteiger partial charge >= 0.3 is 0 Å². The largest absolute Gasteiger partial charge is 0.335 e. The number of likely N-dealkylation sites (tertiary alicyclic amines) is 1. The van der Waals surface area contributed by atoms with Gasteiger partial charge in [-0.05, 0) is 44.0 Å². The lowest BCUT2D eigenvalue weighted by Crippen LogP contribution is -2.39. The second kappa shape index (κ2) is 9.38. The zero-order valence-electron chi connectivity index (χ0n) is 16.0. The van der Waals surface area contributed by atoms with Gasteiger partial charge < -0.3 is 4.90 Å². The fraction of sp³-hybridized carbons (Fsp3) is 0.429. The van der Waals surface area contributed by atoms with Crippen LogP contribution in [0.25, 0.3) is 0 Å². The van der Waals surface area contributed by atoms with Crippen LogP contribution in [0.2, 0.25) is 0 Å². The van der Waals surface area contributed by atoms with E-state index in [1.165, 1.54) is 18.5 Å². The van der Waals surface area contributed by atoms with Gasteiger partial charge in [-0.1, -0.05) is 0 Å². The smallest absolute Gasteiger partial charge is 0.219 e. The molecule has 2 heterocycles. The zero-order valence-corrected chi connectivity index (χ0v) is 16.0. The molecule has 1 amide bonds. The second-order valence-electron chi connectivity index (χ2n) is 7.17. The third-order valence-electron chi connectivity index (χ3n) is 5.17. The molecule has 1 saturated heterocycles. The van der Waals surface area contributed by atoms with Gasteiger partial charge in [0.05, 0.1) is 11.6 Å². The van der Waals surface area contributed by atoms with Gasteiger partial charge in [0.2, 0.25) is 5.91 Å². The van der Waals surface area contributed by atoms with Gasteiger partial charge in [0.15, 0.2) is 0 Å². The van der Waals surface area contributed by atoms with Crippen molar-refractivity contribution >= 4 is 5.91 Å². The van der Waals surface area contributed by atoms with Gasteiger partial charge in [0, 0.05) is 56.1 Å². The minimum Gasteiger partial charge on any atom is -0.335 e. The number of hydrogen-bond donors (Lipinski definition) is 0. The lowest BCUT2D eigenvalue weighted by Gasteiger charge is -2.30. The van der Waals surface area contributed by atoms with Crippen molar-refractivity contribution in [3.8, 4) is 6.07 Å². The summed E-state index contributed by atoms with van der Waals surface area (Å²) in [6, 6.07) is 6.67. The Morgan fingerprint density at radius 3 is 2.82 bits per heavy atom. The normalized spacial score (nSPS) is 17.5. The summed E-state index contributed by atoms with van der Waals surface area (Å²) >= 11 is 0. The highest BCUT2D eigenvalue weighted by molar-refractivity contribution is 5.73. The Labute approximate surface area is 164 Å². The first-order valence-corrected chi connectivity index (χ1v) is 9.49. The number of rotatable bonds is 5. The van der Waals surface area contributed by atoms with Gasteiger partial charge in [-0.3, -0.25) is 9.69 Å². The quantitative estimate of drug-likeness (QED) is 0.796. The van der Waals surface area contributed by atoms with Crippen LogP contribution >= 0.6 is 0 Å². The van der Waals surface area contributed by atoms with Crippen molar-refractivity contribution in [3.05, 3.63) is 59.4 Å². The minimum absolute atomic E-state index is 0.0371. The number of carbonyl (C=O) groups excluding carboxylic acids is 1. The summed E-state index contributed by atoms with van der Waals surface area (Å²) in [7, 11) is 0. The van der Waals surface area contributed by atoms with Crippen LogP contribution in [0.3, 0.4) is 0 Å². The fourth-order valence-electron chi connectivity index (χ4n) is 3.72. The molecule has 0 saturated carbocycles. The van der Waals surface area contributed by atoms with E-state index in [4.69, 9.17) is 5.26 Å². The Hall–Kier alpha value is -2.85. The summed E-state index contributed by atoms with van der Waals surface area (Å²) in [5, 5.41) is 9.04. The van der Waals surface area contributed by atoms with Gasteiger partial charge in [-0.15, -0.1) is 0 Å². The Bertz CT molecular complexity index is 852. The minimum atomic E-state index is -0.283. The number of amides is 1. The second-order valence-corrected chi connectivity index (χ2v) is 7.17. The predicted octanol–water partition coefficient (Wildman–Crippen LogP) is 2.89. The maximum absolute atomic E-state index is 14.1. The zero-order chi connectivity index (χ0) is 19.9. The summed E-state index contributed by atoms with van der Waals surface area (Å²) in [4.78, 5) is 24.4. The van der Waals surface area contributed by atoms with Crippen molar-refractivity contribution in [2.45, 2.75) is 45.3 Å². The third kappa shape index (κ3) is 5.11. The maximum Gasteiger partial charge on any atom is 0.219 e. The van der Waals surface area contributed by atoms with Crippen LogP contribution < -0.4 is 0 Å². The molecule has 0 N–H and O–H groups in total. The molecular weight excluding hydrogens is 357 g/mol. The number of benzene rings is 1. The molecular formula is C21H24FN5O. The molecule has 3 rings (SSSR count). The van der Waals surface area contributed by atoms with Crippen molar-refractivity contribution < 1.29 is 9.18 Å². The highest BCUT2D eigenvalue weighted by Gasteiger charge is 2.25. The summed E-state index contributed by atoms with van der Waals surface area (Å²) in [6.45, 7) is 4.18. The molecule has 146 valence electrons. The lowest BCUT2D eigenvalue weighted by atomic mass is 10.1. The van der Waals surface area contributed by atoms with E-state index in [1.807, 2.05) is 4.90 Å². The molecule has 1 atom stereocenters. The highest BCUT2D eigenvalue weighted by atomic mass is 19.1. The van der Waals surface area contributed by atoms with Gasteiger partial charge in [0.1, 0.15) is 12.1 Å². The van der Waals surface area contributed by atoms with E-state index >= 15 is 0 Å². The molecule has 0 radical (unpaired) electrons. The van der Waals surface area contributed by atoms with E-state index < -0.39 is 0 Å². The van der Waals surface area contributed by atoms with Crippen LogP contribution in [0.15, 0.2) is 36.9 Å². The van der Waals surface area contributed by atoms with Crippen molar-refractivity contribution in [1.29, 1.82) is 5.26 Å². The van der Waals surface area contributed by atoms with E-state index in [0.717, 1.165) is 37.9 Å². The molecule has 7 heteroatoms. The first-order chi connectivity index (χ1) is 13.6. The summed E-state index contributed by atoms with van der Waals surface area (Å²) < 4.78 is 14.1. The van der Waals surface area contributed by atoms with Crippen LogP contribution in [0.1, 0.15) is 42.9 Å². The summed E-state index contributed by atoms with van der Waals surface area (Å²) in [5.74, 6) is -0.246. The Kier molecular flexibility index (Phi) is 6.66. The molecule has 0 spiro atoms. The van der Waals surface area contributed by atoms with Crippen LogP contribution in [0, 0.1) is 17.1 Å². The van der Waals surface area contributed by atoms with E-state index in [1.54, 1.807) is 25.4 Å². The molecule has 0 aliphatic carbocycles. The molecule has 1 aliphatic rings. The number of carbonyl (C=O) groups is 1. The molecule has 1 aromatic carbocycles. The molecule has 0 bridgehead atoms. The van der Waals surface area contributed by atoms with Crippen molar-refractivity contribution in [3.63, 3.8) is 0 Å².